The molecule has 2 aliphatic heterocycles. The number of fused-ring (bicyclic) bond motifs is 2. The first-order chi connectivity index (χ1) is 15.6. The van der Waals surface area contributed by atoms with Crippen LogP contribution < -0.4 is 9.47 Å². The number of carboxylic acids is 1. The van der Waals surface area contributed by atoms with Crippen LogP contribution in [0.25, 0.3) is 5.69 Å². The fourth-order valence-electron chi connectivity index (χ4n) is 4.65. The predicted molar refractivity (Wildman–Crippen MR) is 119 cm³/mol. The van der Waals surface area contributed by atoms with Crippen LogP contribution in [0, 0.1) is 0 Å². The minimum absolute atomic E-state index is 0.0376. The molecule has 3 aromatic rings. The van der Waals surface area contributed by atoms with Crippen LogP contribution in [0.3, 0.4) is 0 Å². The van der Waals surface area contributed by atoms with Gasteiger partial charge in [0.15, 0.2) is 0 Å². The summed E-state index contributed by atoms with van der Waals surface area (Å²) >= 11 is 0. The minimum atomic E-state index is -0.735. The van der Waals surface area contributed by atoms with Gasteiger partial charge in [-0.15, -0.1) is 0 Å². The summed E-state index contributed by atoms with van der Waals surface area (Å²) in [5.41, 5.74) is 3.40. The lowest BCUT2D eigenvalue weighted by atomic mass is 9.74. The molecular weight excluding hydrogens is 406 g/mol. The highest BCUT2D eigenvalue weighted by Gasteiger charge is 2.43. The molecule has 1 fully saturated rings. The molecule has 166 valence electrons. The number of hydrogen-bond donors (Lipinski definition) is 1. The van der Waals surface area contributed by atoms with Crippen molar-refractivity contribution in [2.45, 2.75) is 31.3 Å². The quantitative estimate of drug-likeness (QED) is 0.613. The molecular formula is C25H27N3O4. The normalized spacial score (nSPS) is 17.1. The van der Waals surface area contributed by atoms with Gasteiger partial charge in [-0.1, -0.05) is 18.2 Å². The highest BCUT2D eigenvalue weighted by Crippen LogP contribution is 2.46. The van der Waals surface area contributed by atoms with Crippen molar-refractivity contribution < 1.29 is 19.4 Å². The van der Waals surface area contributed by atoms with Gasteiger partial charge in [0.1, 0.15) is 18.1 Å². The van der Waals surface area contributed by atoms with Gasteiger partial charge in [-0.05, 0) is 55.8 Å². The maximum Gasteiger partial charge on any atom is 0.304 e. The maximum absolute atomic E-state index is 10.8. The second-order valence-electron chi connectivity index (χ2n) is 8.62. The number of piperidine rings is 1. The van der Waals surface area contributed by atoms with Gasteiger partial charge in [0.2, 0.25) is 0 Å². The van der Waals surface area contributed by atoms with Gasteiger partial charge in [-0.3, -0.25) is 4.79 Å². The number of likely N-dealkylation sites (tertiary alicyclic amines) is 1. The van der Waals surface area contributed by atoms with E-state index in [1.165, 1.54) is 5.56 Å². The second-order valence-corrected chi connectivity index (χ2v) is 8.62. The molecule has 0 bridgehead atoms. The lowest BCUT2D eigenvalue weighted by molar-refractivity contribution is -0.137. The molecule has 5 rings (SSSR count). The number of hydrogen-bond acceptors (Lipinski definition) is 5. The minimum Gasteiger partial charge on any atom is -0.492 e. The van der Waals surface area contributed by atoms with E-state index in [4.69, 9.17) is 14.6 Å². The van der Waals surface area contributed by atoms with E-state index < -0.39 is 5.97 Å². The van der Waals surface area contributed by atoms with E-state index in [9.17, 15) is 4.79 Å². The van der Waals surface area contributed by atoms with Crippen LogP contribution in [-0.2, 0) is 16.8 Å². The molecule has 1 N–H and O–H groups in total. The van der Waals surface area contributed by atoms with Crippen LogP contribution in [0.15, 0.2) is 60.9 Å². The summed E-state index contributed by atoms with van der Waals surface area (Å²) < 4.78 is 13.9. The van der Waals surface area contributed by atoms with Gasteiger partial charge in [-0.2, -0.15) is 5.10 Å². The van der Waals surface area contributed by atoms with E-state index in [1.54, 1.807) is 6.20 Å². The molecule has 0 saturated carbocycles. The van der Waals surface area contributed by atoms with Gasteiger partial charge in [0.25, 0.3) is 0 Å². The molecule has 7 heteroatoms. The topological polar surface area (TPSA) is 76.8 Å². The summed E-state index contributed by atoms with van der Waals surface area (Å²) in [6.45, 7) is 3.61. The SMILES string of the molecule is O=C(O)CCN1CCC2(CC1)COc1cc(OCc3ccc(-n4cccn4)cc3)ccc12. The first-order valence-corrected chi connectivity index (χ1v) is 11.0. The molecule has 2 aliphatic rings. The number of carboxylic acid groups (broad SMARTS) is 1. The first-order valence-electron chi connectivity index (χ1n) is 11.0. The van der Waals surface area contributed by atoms with E-state index in [2.05, 4.69) is 16.1 Å². The van der Waals surface area contributed by atoms with Gasteiger partial charge in [0.05, 0.1) is 18.7 Å². The Bertz CT molecular complexity index is 1070. The fourth-order valence-corrected chi connectivity index (χ4v) is 4.65. The predicted octanol–water partition coefficient (Wildman–Crippen LogP) is 3.65. The zero-order chi connectivity index (χ0) is 22.0. The van der Waals surface area contributed by atoms with Crippen molar-refractivity contribution in [3.8, 4) is 17.2 Å². The van der Waals surface area contributed by atoms with Crippen molar-refractivity contribution in [1.29, 1.82) is 0 Å². The lowest BCUT2D eigenvalue weighted by Crippen LogP contribution is -2.44. The summed E-state index contributed by atoms with van der Waals surface area (Å²) in [5, 5.41) is 13.2. The number of ether oxygens (including phenoxy) is 2. The molecule has 1 aromatic heterocycles. The van der Waals surface area contributed by atoms with Crippen molar-refractivity contribution in [1.82, 2.24) is 14.7 Å². The molecule has 1 saturated heterocycles. The third kappa shape index (κ3) is 4.21. The van der Waals surface area contributed by atoms with Crippen LogP contribution in [-0.4, -0.2) is 52.0 Å². The fraction of sp³-hybridized carbons (Fsp3) is 0.360. The first kappa shape index (κ1) is 20.6. The monoisotopic (exact) mass is 433 g/mol. The van der Waals surface area contributed by atoms with Crippen LogP contribution in [0.4, 0.5) is 0 Å². The van der Waals surface area contributed by atoms with E-state index in [1.807, 2.05) is 53.3 Å². The van der Waals surface area contributed by atoms with Crippen LogP contribution in [0.1, 0.15) is 30.4 Å². The Kier molecular flexibility index (Phi) is 5.57. The Hall–Kier alpha value is -3.32. The largest absolute Gasteiger partial charge is 0.492 e. The van der Waals surface area contributed by atoms with Gasteiger partial charge < -0.3 is 19.5 Å². The molecule has 0 aliphatic carbocycles. The smallest absolute Gasteiger partial charge is 0.304 e. The third-order valence-corrected chi connectivity index (χ3v) is 6.59. The number of nitrogens with zero attached hydrogens (tertiary/aromatic N) is 3. The third-order valence-electron chi connectivity index (χ3n) is 6.59. The lowest BCUT2D eigenvalue weighted by Gasteiger charge is -2.38. The van der Waals surface area contributed by atoms with Crippen molar-refractivity contribution >= 4 is 5.97 Å². The average molecular weight is 434 g/mol. The molecule has 2 aromatic carbocycles. The van der Waals surface area contributed by atoms with E-state index >= 15 is 0 Å². The van der Waals surface area contributed by atoms with Crippen LogP contribution >= 0.6 is 0 Å². The van der Waals surface area contributed by atoms with Crippen molar-refractivity contribution in [3.05, 3.63) is 72.1 Å². The summed E-state index contributed by atoms with van der Waals surface area (Å²) in [6.07, 6.45) is 5.86. The molecule has 32 heavy (non-hydrogen) atoms. The molecule has 0 amide bonds. The summed E-state index contributed by atoms with van der Waals surface area (Å²) in [5.74, 6) is 0.979. The molecule has 3 heterocycles. The second kappa shape index (κ2) is 8.67. The number of benzene rings is 2. The zero-order valence-electron chi connectivity index (χ0n) is 17.9. The van der Waals surface area contributed by atoms with Crippen molar-refractivity contribution in [3.63, 3.8) is 0 Å². The molecule has 1 spiro atoms. The molecule has 0 atom stereocenters. The van der Waals surface area contributed by atoms with Crippen molar-refractivity contribution in [2.24, 2.45) is 0 Å². The van der Waals surface area contributed by atoms with Crippen LogP contribution in [0.5, 0.6) is 11.5 Å². The van der Waals surface area contributed by atoms with Gasteiger partial charge in [0, 0.05) is 36.0 Å². The van der Waals surface area contributed by atoms with E-state index in [0.29, 0.717) is 19.8 Å². The highest BCUT2D eigenvalue weighted by molar-refractivity contribution is 5.66. The zero-order valence-corrected chi connectivity index (χ0v) is 17.9. The Morgan fingerprint density at radius 3 is 2.69 bits per heavy atom. The summed E-state index contributed by atoms with van der Waals surface area (Å²) in [6, 6.07) is 16.2. The molecule has 7 nitrogen and oxygen atoms in total. The Labute approximate surface area is 187 Å². The highest BCUT2D eigenvalue weighted by atomic mass is 16.5. The van der Waals surface area contributed by atoms with Crippen LogP contribution in [0.2, 0.25) is 0 Å². The summed E-state index contributed by atoms with van der Waals surface area (Å²) in [4.78, 5) is 13.1. The van der Waals surface area contributed by atoms with Gasteiger partial charge in [-0.25, -0.2) is 4.68 Å². The summed E-state index contributed by atoms with van der Waals surface area (Å²) in [7, 11) is 0. The maximum atomic E-state index is 10.8. The van der Waals surface area contributed by atoms with E-state index in [0.717, 1.165) is 48.7 Å². The number of aromatic nitrogens is 2. The molecule has 0 radical (unpaired) electrons. The average Bonchev–Trinajstić information content (AvgIpc) is 3.47. The van der Waals surface area contributed by atoms with E-state index in [-0.39, 0.29) is 11.8 Å². The van der Waals surface area contributed by atoms with Gasteiger partial charge >= 0.3 is 5.97 Å². The number of rotatable bonds is 7. The van der Waals surface area contributed by atoms with Crippen molar-refractivity contribution in [2.75, 3.05) is 26.2 Å². The standard InChI is InChI=1S/C25H27N3O4/c29-24(30)8-13-27-14-9-25(10-15-27)18-32-23-16-21(6-7-22(23)25)31-17-19-2-4-20(5-3-19)28-12-1-11-26-28/h1-7,11-12,16H,8-10,13-15,17-18H2,(H,29,30). The number of aliphatic carboxylic acids is 1. The Balaban J connectivity index is 1.19. The Morgan fingerprint density at radius 2 is 1.97 bits per heavy atom. The molecule has 0 unspecified atom stereocenters. The number of carbonyl (C=O) groups is 1. The Morgan fingerprint density at radius 1 is 1.16 bits per heavy atom.